The number of ketones is 1. The molecule has 1 aliphatic rings. The van der Waals surface area contributed by atoms with Gasteiger partial charge in [-0.15, -0.1) is 11.8 Å². The van der Waals surface area contributed by atoms with Crippen LogP contribution in [0.1, 0.15) is 25.8 Å². The van der Waals surface area contributed by atoms with Crippen LogP contribution in [0.3, 0.4) is 0 Å². The zero-order valence-corrected chi connectivity index (χ0v) is 15.4. The lowest BCUT2D eigenvalue weighted by Crippen LogP contribution is -2.57. The Morgan fingerprint density at radius 3 is 2.42 bits per heavy atom. The van der Waals surface area contributed by atoms with Gasteiger partial charge in [0.05, 0.1) is 17.9 Å². The lowest BCUT2D eigenvalue weighted by atomic mass is 9.99. The van der Waals surface area contributed by atoms with E-state index in [1.54, 1.807) is 31.2 Å². The second-order valence-electron chi connectivity index (χ2n) is 5.64. The van der Waals surface area contributed by atoms with Gasteiger partial charge < -0.3 is 14.8 Å². The molecular weight excluding hydrogens is 358 g/mol. The summed E-state index contributed by atoms with van der Waals surface area (Å²) in [6, 6.07) is 8.90. The van der Waals surface area contributed by atoms with Crippen LogP contribution < -0.4 is 5.32 Å². The first kappa shape index (κ1) is 20.0. The number of ether oxygens (including phenoxy) is 2. The normalized spacial score (nSPS) is 19.7. The van der Waals surface area contributed by atoms with Crippen molar-refractivity contribution in [2.45, 2.75) is 37.5 Å². The SMILES string of the molecule is CCOC(=O)C(S[C@H]1NC(=O)[C@@H]1CC)C(=O)C(=O)OCc1ccccc1. The fraction of sp³-hybridized carbons (Fsp3) is 0.444. The molecule has 0 spiro atoms. The third-order valence-electron chi connectivity index (χ3n) is 3.86. The largest absolute Gasteiger partial charge is 0.465 e. The minimum absolute atomic E-state index is 0.0661. The molecule has 2 rings (SSSR count). The van der Waals surface area contributed by atoms with E-state index in [0.29, 0.717) is 6.42 Å². The lowest BCUT2D eigenvalue weighted by Gasteiger charge is -2.36. The van der Waals surface area contributed by atoms with Crippen LogP contribution in [0.15, 0.2) is 30.3 Å². The van der Waals surface area contributed by atoms with Gasteiger partial charge in [0.1, 0.15) is 6.61 Å². The van der Waals surface area contributed by atoms with Gasteiger partial charge in [0.2, 0.25) is 5.91 Å². The Kier molecular flexibility index (Phi) is 7.20. The van der Waals surface area contributed by atoms with Crippen molar-refractivity contribution in [2.75, 3.05) is 6.61 Å². The van der Waals surface area contributed by atoms with E-state index in [1.165, 1.54) is 0 Å². The van der Waals surface area contributed by atoms with Gasteiger partial charge in [-0.2, -0.15) is 0 Å². The quantitative estimate of drug-likeness (QED) is 0.300. The van der Waals surface area contributed by atoms with E-state index in [1.807, 2.05) is 13.0 Å². The Hall–Kier alpha value is -2.35. The molecule has 1 N–H and O–H groups in total. The molecule has 3 atom stereocenters. The first-order valence-corrected chi connectivity index (χ1v) is 9.29. The molecule has 0 aliphatic carbocycles. The third kappa shape index (κ3) is 4.85. The van der Waals surface area contributed by atoms with E-state index >= 15 is 0 Å². The number of esters is 2. The number of amides is 1. The first-order valence-electron chi connectivity index (χ1n) is 8.35. The molecule has 1 aliphatic heterocycles. The summed E-state index contributed by atoms with van der Waals surface area (Å²) in [4.78, 5) is 48.1. The Labute approximate surface area is 155 Å². The summed E-state index contributed by atoms with van der Waals surface area (Å²) in [7, 11) is 0. The van der Waals surface area contributed by atoms with Crippen LogP contribution in [0.5, 0.6) is 0 Å². The maximum atomic E-state index is 12.4. The van der Waals surface area contributed by atoms with Crippen molar-refractivity contribution >= 4 is 35.4 Å². The molecule has 7 nitrogen and oxygen atoms in total. The van der Waals surface area contributed by atoms with Gasteiger partial charge in [0.25, 0.3) is 5.78 Å². The average molecular weight is 379 g/mol. The second kappa shape index (κ2) is 9.38. The van der Waals surface area contributed by atoms with Crippen molar-refractivity contribution < 1.29 is 28.7 Å². The zero-order chi connectivity index (χ0) is 19.1. The molecule has 0 bridgehead atoms. The molecule has 1 fully saturated rings. The summed E-state index contributed by atoms with van der Waals surface area (Å²) >= 11 is 0.917. The molecule has 0 saturated carbocycles. The summed E-state index contributed by atoms with van der Waals surface area (Å²) in [5.41, 5.74) is 0.728. The van der Waals surface area contributed by atoms with E-state index in [4.69, 9.17) is 9.47 Å². The van der Waals surface area contributed by atoms with E-state index < -0.39 is 28.3 Å². The number of thioether (sulfide) groups is 1. The van der Waals surface area contributed by atoms with Crippen LogP contribution in [0.2, 0.25) is 0 Å². The van der Waals surface area contributed by atoms with Gasteiger partial charge in [-0.25, -0.2) is 4.79 Å². The highest BCUT2D eigenvalue weighted by atomic mass is 32.2. The van der Waals surface area contributed by atoms with Crippen molar-refractivity contribution in [3.63, 3.8) is 0 Å². The van der Waals surface area contributed by atoms with Gasteiger partial charge in [0, 0.05) is 0 Å². The van der Waals surface area contributed by atoms with Gasteiger partial charge >= 0.3 is 11.9 Å². The maximum Gasteiger partial charge on any atom is 0.376 e. The van der Waals surface area contributed by atoms with Gasteiger partial charge in [-0.1, -0.05) is 37.3 Å². The topological polar surface area (TPSA) is 98.8 Å². The van der Waals surface area contributed by atoms with E-state index in [-0.39, 0.29) is 25.0 Å². The molecule has 1 aromatic carbocycles. The van der Waals surface area contributed by atoms with Crippen LogP contribution >= 0.6 is 11.8 Å². The Balaban J connectivity index is 2.01. The van der Waals surface area contributed by atoms with E-state index in [9.17, 15) is 19.2 Å². The molecule has 0 radical (unpaired) electrons. The summed E-state index contributed by atoms with van der Waals surface area (Å²) < 4.78 is 9.91. The molecule has 1 unspecified atom stereocenters. The van der Waals surface area contributed by atoms with Crippen LogP contribution in [0, 0.1) is 5.92 Å². The molecule has 1 saturated heterocycles. The fourth-order valence-corrected chi connectivity index (χ4v) is 3.79. The van der Waals surface area contributed by atoms with Crippen molar-refractivity contribution in [3.8, 4) is 0 Å². The van der Waals surface area contributed by atoms with Gasteiger partial charge in [-0.05, 0) is 18.9 Å². The lowest BCUT2D eigenvalue weighted by molar-refractivity contribution is -0.158. The van der Waals surface area contributed by atoms with Crippen LogP contribution in [-0.4, -0.2) is 40.9 Å². The number of carbonyl (C=O) groups excluding carboxylic acids is 4. The number of rotatable bonds is 9. The summed E-state index contributed by atoms with van der Waals surface area (Å²) in [6.07, 6.45) is 0.575. The highest BCUT2D eigenvalue weighted by molar-refractivity contribution is 8.02. The van der Waals surface area contributed by atoms with E-state index in [0.717, 1.165) is 17.3 Å². The van der Waals surface area contributed by atoms with Crippen LogP contribution in [0.4, 0.5) is 0 Å². The highest BCUT2D eigenvalue weighted by Gasteiger charge is 2.44. The van der Waals surface area contributed by atoms with Gasteiger partial charge in [-0.3, -0.25) is 14.4 Å². The predicted molar refractivity (Wildman–Crippen MR) is 95.0 cm³/mol. The van der Waals surface area contributed by atoms with Crippen molar-refractivity contribution in [2.24, 2.45) is 5.92 Å². The molecule has 140 valence electrons. The summed E-state index contributed by atoms with van der Waals surface area (Å²) in [6.45, 7) is 3.46. The molecule has 1 aromatic rings. The zero-order valence-electron chi connectivity index (χ0n) is 14.6. The highest BCUT2D eigenvalue weighted by Crippen LogP contribution is 2.32. The van der Waals surface area contributed by atoms with Crippen molar-refractivity contribution in [1.82, 2.24) is 5.32 Å². The molecule has 1 amide bonds. The summed E-state index contributed by atoms with van der Waals surface area (Å²) in [5.74, 6) is -3.33. The average Bonchev–Trinajstić information content (AvgIpc) is 2.63. The fourth-order valence-electron chi connectivity index (χ4n) is 2.41. The van der Waals surface area contributed by atoms with Gasteiger partial charge in [0.15, 0.2) is 5.25 Å². The number of β-lactam (4-membered cyclic amide) rings is 1. The van der Waals surface area contributed by atoms with Crippen molar-refractivity contribution in [1.29, 1.82) is 0 Å². The molecule has 26 heavy (non-hydrogen) atoms. The first-order chi connectivity index (χ1) is 12.5. The minimum Gasteiger partial charge on any atom is -0.465 e. The number of benzene rings is 1. The Morgan fingerprint density at radius 1 is 1.15 bits per heavy atom. The number of hydrogen-bond donors (Lipinski definition) is 1. The number of carbonyl (C=O) groups is 4. The molecular formula is C18H21NO6S. The predicted octanol–water partition coefficient (Wildman–Crippen LogP) is 1.45. The second-order valence-corrected chi connectivity index (χ2v) is 6.89. The molecule has 0 aromatic heterocycles. The minimum atomic E-state index is -1.36. The smallest absolute Gasteiger partial charge is 0.376 e. The number of Topliss-reactive ketones (excluding diaryl/α,β-unsaturated/α-hetero) is 1. The van der Waals surface area contributed by atoms with E-state index in [2.05, 4.69) is 5.32 Å². The third-order valence-corrected chi connectivity index (χ3v) is 5.28. The molecule has 1 heterocycles. The van der Waals surface area contributed by atoms with Crippen molar-refractivity contribution in [3.05, 3.63) is 35.9 Å². The Bertz CT molecular complexity index is 678. The van der Waals surface area contributed by atoms with Crippen LogP contribution in [-0.2, 0) is 35.3 Å². The van der Waals surface area contributed by atoms with Crippen LogP contribution in [0.25, 0.3) is 0 Å². The standard InChI is InChI=1S/C18H21NO6S/c1-3-12-15(21)19-16(12)26-14(18(23)24-4-2)13(20)17(22)25-10-11-8-6-5-7-9-11/h5-9,12,14,16H,3-4,10H2,1-2H3,(H,19,21)/t12-,14?,16+/m0/s1. The summed E-state index contributed by atoms with van der Waals surface area (Å²) in [5, 5.41) is 0.862. The maximum absolute atomic E-state index is 12.4. The number of nitrogens with one attached hydrogen (secondary N) is 1. The monoisotopic (exact) mass is 379 g/mol. The molecule has 8 heteroatoms. The Morgan fingerprint density at radius 2 is 1.85 bits per heavy atom. The number of hydrogen-bond acceptors (Lipinski definition) is 7.